The van der Waals surface area contributed by atoms with Gasteiger partial charge in [0.1, 0.15) is 8.07 Å². The minimum absolute atomic E-state index is 0. The SMILES string of the molecule is C[Si](C)(C)OCC[Si](C)(C)C1=CC(c2c3c(cc4c2[cH-]c2ccccc24)[Si]3(C)C)c2ccccc21.[Cl-].[Cl-].[Zr+3]. The van der Waals surface area contributed by atoms with Gasteiger partial charge in [0.25, 0.3) is 0 Å². The fourth-order valence-electron chi connectivity index (χ4n) is 6.39. The molecule has 1 nitrogen and oxygen atoms in total. The molecule has 1 aliphatic carbocycles. The van der Waals surface area contributed by atoms with Gasteiger partial charge in [-0.3, -0.25) is 0 Å². The molecular formula is C31H37Cl2OSi3Zr. The standard InChI is InChI=1S/C31H37OSi3.2ClH.Zr/c1-33(2,3)32-16-17-34(4,5)28-20-27(23-14-10-11-15-24(23)28)30-26-18-21-12-8-9-13-22(21)25(26)19-29-31(30)35(29,6)7;;;/h8-15,18-20,27H,16-17H2,1-7H3;2*1H;/q-1;;;+3/p-2. The van der Waals surface area contributed by atoms with E-state index in [1.165, 1.54) is 38.7 Å². The van der Waals surface area contributed by atoms with E-state index in [0.29, 0.717) is 5.92 Å². The first-order chi connectivity index (χ1) is 16.5. The summed E-state index contributed by atoms with van der Waals surface area (Å²) in [4.78, 5) is 0. The molecule has 0 fully saturated rings. The van der Waals surface area contributed by atoms with Crippen molar-refractivity contribution >= 4 is 61.6 Å². The van der Waals surface area contributed by atoms with Crippen LogP contribution in [0.15, 0.2) is 66.7 Å². The summed E-state index contributed by atoms with van der Waals surface area (Å²) in [6, 6.07) is 24.4. The van der Waals surface area contributed by atoms with Crippen molar-refractivity contribution in [2.75, 3.05) is 6.61 Å². The van der Waals surface area contributed by atoms with Crippen LogP contribution in [0.25, 0.3) is 26.7 Å². The van der Waals surface area contributed by atoms with Gasteiger partial charge in [-0.05, 0) is 36.8 Å². The molecule has 1 heterocycles. The molecule has 1 radical (unpaired) electrons. The summed E-state index contributed by atoms with van der Waals surface area (Å²) in [5, 5.41) is 10.8. The molecule has 0 amide bonds. The average molecular weight is 672 g/mol. The maximum atomic E-state index is 6.32. The molecule has 0 bridgehead atoms. The van der Waals surface area contributed by atoms with Crippen LogP contribution in [0, 0.1) is 0 Å². The molecule has 2 aliphatic rings. The fourth-order valence-corrected chi connectivity index (χ4v) is 13.2. The Labute approximate surface area is 262 Å². The van der Waals surface area contributed by atoms with Gasteiger partial charge in [-0.25, -0.2) is 0 Å². The number of halogens is 2. The van der Waals surface area contributed by atoms with Crippen LogP contribution in [0.2, 0.25) is 51.9 Å². The summed E-state index contributed by atoms with van der Waals surface area (Å²) in [5.41, 5.74) is 4.64. The molecule has 0 spiro atoms. The minimum Gasteiger partial charge on any atom is -1.00 e. The Hall–Kier alpha value is -0.656. The van der Waals surface area contributed by atoms with E-state index in [1.54, 1.807) is 21.1 Å². The molecule has 6 rings (SSSR count). The summed E-state index contributed by atoms with van der Waals surface area (Å²) in [5.74, 6) is 0.370. The fraction of sp³-hybridized carbons (Fsp3) is 0.323. The zero-order valence-corrected chi connectivity index (χ0v) is 30.5. The quantitative estimate of drug-likeness (QED) is 0.223. The number of hydrogen-bond acceptors (Lipinski definition) is 1. The second-order valence-electron chi connectivity index (χ2n) is 12.8. The van der Waals surface area contributed by atoms with E-state index < -0.39 is 24.5 Å². The van der Waals surface area contributed by atoms with Crippen LogP contribution in [-0.4, -0.2) is 31.1 Å². The maximum Gasteiger partial charge on any atom is 3.00 e. The average Bonchev–Trinajstić information content (AvgIpc) is 3.11. The zero-order valence-electron chi connectivity index (χ0n) is 23.5. The number of allylic oxidation sites excluding steroid dienone is 1. The Morgan fingerprint density at radius 2 is 1.55 bits per heavy atom. The van der Waals surface area contributed by atoms with Gasteiger partial charge in [0.05, 0.1) is 8.07 Å². The van der Waals surface area contributed by atoms with E-state index in [0.717, 1.165) is 6.61 Å². The molecular weight excluding hydrogens is 635 g/mol. The van der Waals surface area contributed by atoms with Crippen LogP contribution in [-0.2, 0) is 30.6 Å². The molecule has 1 aliphatic heterocycles. The molecule has 197 valence electrons. The molecule has 4 aromatic carbocycles. The molecule has 0 saturated heterocycles. The summed E-state index contributed by atoms with van der Waals surface area (Å²) in [6.07, 6.45) is 2.68. The van der Waals surface area contributed by atoms with E-state index >= 15 is 0 Å². The second kappa shape index (κ2) is 11.0. The van der Waals surface area contributed by atoms with Gasteiger partial charge in [0, 0.05) is 12.5 Å². The third-order valence-corrected chi connectivity index (χ3v) is 16.1. The van der Waals surface area contributed by atoms with Crippen molar-refractivity contribution in [3.63, 3.8) is 0 Å². The Kier molecular flexibility index (Phi) is 9.20. The smallest absolute Gasteiger partial charge is 1.00 e. The second-order valence-corrected chi connectivity index (χ2v) is 26.4. The van der Waals surface area contributed by atoms with Crippen molar-refractivity contribution in [1.29, 1.82) is 0 Å². The van der Waals surface area contributed by atoms with Gasteiger partial charge in [-0.1, -0.05) is 102 Å². The van der Waals surface area contributed by atoms with Crippen LogP contribution in [0.1, 0.15) is 22.6 Å². The molecule has 0 saturated carbocycles. The first kappa shape index (κ1) is 31.9. The molecule has 38 heavy (non-hydrogen) atoms. The first-order valence-corrected chi connectivity index (χ1v) is 22.7. The van der Waals surface area contributed by atoms with Crippen LogP contribution < -0.4 is 35.2 Å². The third-order valence-electron chi connectivity index (χ3n) is 8.42. The number of hydrogen-bond donors (Lipinski definition) is 0. The Morgan fingerprint density at radius 3 is 2.26 bits per heavy atom. The number of fused-ring (bicyclic) bond motifs is 5. The molecule has 0 N–H and O–H groups in total. The van der Waals surface area contributed by atoms with Crippen molar-refractivity contribution in [3.05, 3.63) is 83.4 Å². The largest absolute Gasteiger partial charge is 3.00 e. The van der Waals surface area contributed by atoms with E-state index in [2.05, 4.69) is 113 Å². The van der Waals surface area contributed by atoms with Crippen LogP contribution in [0.4, 0.5) is 0 Å². The summed E-state index contributed by atoms with van der Waals surface area (Å²) in [7, 11) is -4.61. The Balaban J connectivity index is 0.00000133. The molecule has 1 atom stereocenters. The number of benzene rings is 3. The molecule has 7 heteroatoms. The van der Waals surface area contributed by atoms with E-state index in [4.69, 9.17) is 4.43 Å². The van der Waals surface area contributed by atoms with Crippen molar-refractivity contribution in [2.45, 2.75) is 57.8 Å². The van der Waals surface area contributed by atoms with Crippen molar-refractivity contribution in [2.24, 2.45) is 0 Å². The van der Waals surface area contributed by atoms with Crippen molar-refractivity contribution in [3.8, 4) is 0 Å². The van der Waals surface area contributed by atoms with Crippen molar-refractivity contribution < 1.29 is 55.4 Å². The summed E-state index contributed by atoms with van der Waals surface area (Å²) < 4.78 is 6.32. The molecule has 0 aromatic heterocycles. The van der Waals surface area contributed by atoms with Gasteiger partial charge in [-0.15, -0.1) is 33.7 Å². The van der Waals surface area contributed by atoms with Crippen LogP contribution in [0.3, 0.4) is 0 Å². The van der Waals surface area contributed by atoms with Gasteiger partial charge in [-0.2, -0.15) is 0 Å². The maximum absolute atomic E-state index is 6.32. The van der Waals surface area contributed by atoms with Gasteiger partial charge in [0.2, 0.25) is 0 Å². The van der Waals surface area contributed by atoms with Gasteiger partial charge < -0.3 is 29.2 Å². The van der Waals surface area contributed by atoms with Gasteiger partial charge in [0.15, 0.2) is 8.32 Å². The van der Waals surface area contributed by atoms with Crippen LogP contribution in [0.5, 0.6) is 0 Å². The zero-order chi connectivity index (χ0) is 24.8. The summed E-state index contributed by atoms with van der Waals surface area (Å²) >= 11 is 0. The van der Waals surface area contributed by atoms with Crippen LogP contribution >= 0.6 is 0 Å². The third kappa shape index (κ3) is 5.22. The van der Waals surface area contributed by atoms with Crippen molar-refractivity contribution in [1.82, 2.24) is 0 Å². The van der Waals surface area contributed by atoms with Gasteiger partial charge >= 0.3 is 26.2 Å². The predicted octanol–water partition coefficient (Wildman–Crippen LogP) is 1.48. The predicted molar refractivity (Wildman–Crippen MR) is 162 cm³/mol. The van der Waals surface area contributed by atoms with E-state index in [9.17, 15) is 0 Å². The topological polar surface area (TPSA) is 9.23 Å². The first-order valence-electron chi connectivity index (χ1n) is 13.1. The normalized spacial score (nSPS) is 17.1. The van der Waals surface area contributed by atoms with E-state index in [1.807, 2.05) is 0 Å². The monoisotopic (exact) mass is 669 g/mol. The summed E-state index contributed by atoms with van der Waals surface area (Å²) in [6.45, 7) is 18.0. The number of rotatable bonds is 6. The Bertz CT molecular complexity index is 1530. The van der Waals surface area contributed by atoms with E-state index in [-0.39, 0.29) is 51.0 Å². The molecule has 1 unspecified atom stereocenters. The minimum atomic E-state index is -1.66. The molecule has 4 aromatic rings. The Morgan fingerprint density at radius 1 is 0.895 bits per heavy atom.